The molecule has 2 rings (SSSR count). The van der Waals surface area contributed by atoms with Gasteiger partial charge in [0.2, 0.25) is 0 Å². The summed E-state index contributed by atoms with van der Waals surface area (Å²) in [5.74, 6) is 0. The highest BCUT2D eigenvalue weighted by Gasteiger charge is 2.08. The Morgan fingerprint density at radius 1 is 1.38 bits per heavy atom. The third kappa shape index (κ3) is 1.96. The van der Waals surface area contributed by atoms with E-state index in [4.69, 9.17) is 4.74 Å². The van der Waals surface area contributed by atoms with Gasteiger partial charge in [-0.05, 0) is 18.4 Å². The number of nitrogens with zero attached hydrogens (tertiary/aromatic N) is 1. The van der Waals surface area contributed by atoms with Gasteiger partial charge in [0.25, 0.3) is 0 Å². The van der Waals surface area contributed by atoms with Crippen LogP contribution in [0.25, 0.3) is 10.9 Å². The highest BCUT2D eigenvalue weighted by molar-refractivity contribution is 5.83. The molecule has 2 aromatic rings. The van der Waals surface area contributed by atoms with Crippen molar-refractivity contribution in [1.82, 2.24) is 4.57 Å². The predicted octanol–water partition coefficient (Wildman–Crippen LogP) is 2.17. The van der Waals surface area contributed by atoms with Crippen molar-refractivity contribution in [2.24, 2.45) is 0 Å². The molecule has 0 aliphatic carbocycles. The van der Waals surface area contributed by atoms with Crippen LogP contribution in [0.3, 0.4) is 0 Å². The molecule has 1 N–H and O–H groups in total. The number of benzene rings is 1. The Kier molecular flexibility index (Phi) is 3.27. The van der Waals surface area contributed by atoms with Crippen LogP contribution >= 0.6 is 0 Å². The third-order valence-corrected chi connectivity index (χ3v) is 2.90. The Bertz CT molecular complexity index is 476. The summed E-state index contributed by atoms with van der Waals surface area (Å²) in [4.78, 5) is 0. The summed E-state index contributed by atoms with van der Waals surface area (Å²) in [6, 6.07) is 8.05. The normalized spacial score (nSPS) is 13.2. The maximum absolute atomic E-state index is 9.33. The number of methoxy groups -OCH3 is 1. The molecule has 1 aromatic heterocycles. The molecule has 0 radical (unpaired) electrons. The summed E-state index contributed by atoms with van der Waals surface area (Å²) in [7, 11) is 1.71. The maximum atomic E-state index is 9.33. The topological polar surface area (TPSA) is 34.4 Å². The molecule has 1 unspecified atom stereocenters. The van der Waals surface area contributed by atoms with Gasteiger partial charge in [0, 0.05) is 25.4 Å². The first-order chi connectivity index (χ1) is 7.76. The highest BCUT2D eigenvalue weighted by atomic mass is 16.5. The maximum Gasteiger partial charge on any atom is 0.0722 e. The number of aromatic nitrogens is 1. The molecule has 0 amide bonds. The molecule has 0 saturated heterocycles. The summed E-state index contributed by atoms with van der Waals surface area (Å²) in [5, 5.41) is 10.5. The first kappa shape index (κ1) is 11.2. The molecular formula is C13H17NO2. The van der Waals surface area contributed by atoms with E-state index >= 15 is 0 Å². The van der Waals surface area contributed by atoms with E-state index in [1.165, 1.54) is 0 Å². The molecular weight excluding hydrogens is 202 g/mol. The van der Waals surface area contributed by atoms with Crippen molar-refractivity contribution in [2.75, 3.05) is 7.11 Å². The number of rotatable bonds is 4. The molecule has 0 bridgehead atoms. The van der Waals surface area contributed by atoms with Crippen molar-refractivity contribution in [1.29, 1.82) is 0 Å². The minimum Gasteiger partial charge on any atom is -0.392 e. The van der Waals surface area contributed by atoms with Crippen LogP contribution in [-0.4, -0.2) is 22.9 Å². The van der Waals surface area contributed by atoms with Crippen LogP contribution in [0.5, 0.6) is 0 Å². The summed E-state index contributed by atoms with van der Waals surface area (Å²) in [6.07, 6.45) is 2.21. The number of hydrogen-bond donors (Lipinski definition) is 1. The molecule has 3 nitrogen and oxygen atoms in total. The van der Waals surface area contributed by atoms with E-state index < -0.39 is 0 Å². The minimum atomic E-state index is 0.0721. The number of fused-ring (bicyclic) bond motifs is 1. The van der Waals surface area contributed by atoms with Gasteiger partial charge in [0.15, 0.2) is 0 Å². The van der Waals surface area contributed by atoms with Crippen LogP contribution in [0.2, 0.25) is 0 Å². The van der Waals surface area contributed by atoms with Gasteiger partial charge in [0.05, 0.1) is 18.2 Å². The van der Waals surface area contributed by atoms with Crippen LogP contribution in [0.1, 0.15) is 12.5 Å². The van der Waals surface area contributed by atoms with E-state index in [9.17, 15) is 5.11 Å². The molecule has 1 aromatic carbocycles. The lowest BCUT2D eigenvalue weighted by molar-refractivity contribution is 0.104. The standard InChI is InChI=1S/C13H17NO2/c1-10(16-2)8-14-7-6-11-4-3-5-12(9-15)13(11)14/h3-7,10,15H,8-9H2,1-2H3. The van der Waals surface area contributed by atoms with E-state index in [0.717, 1.165) is 23.0 Å². The molecule has 1 heterocycles. The van der Waals surface area contributed by atoms with Gasteiger partial charge in [-0.3, -0.25) is 0 Å². The fourth-order valence-corrected chi connectivity index (χ4v) is 1.97. The van der Waals surface area contributed by atoms with Crippen molar-refractivity contribution >= 4 is 10.9 Å². The molecule has 3 heteroatoms. The average Bonchev–Trinajstić information content (AvgIpc) is 2.72. The van der Waals surface area contributed by atoms with Gasteiger partial charge in [-0.1, -0.05) is 18.2 Å². The van der Waals surface area contributed by atoms with Crippen molar-refractivity contribution in [3.63, 3.8) is 0 Å². The molecule has 1 atom stereocenters. The minimum absolute atomic E-state index is 0.0721. The zero-order chi connectivity index (χ0) is 11.5. The fourth-order valence-electron chi connectivity index (χ4n) is 1.97. The molecule has 0 saturated carbocycles. The van der Waals surface area contributed by atoms with Gasteiger partial charge in [-0.25, -0.2) is 0 Å². The number of aliphatic hydroxyl groups is 1. The van der Waals surface area contributed by atoms with Gasteiger partial charge in [0.1, 0.15) is 0 Å². The number of hydrogen-bond acceptors (Lipinski definition) is 2. The van der Waals surface area contributed by atoms with Crippen LogP contribution in [0.15, 0.2) is 30.5 Å². The molecule has 0 fully saturated rings. The average molecular weight is 219 g/mol. The second-order valence-electron chi connectivity index (χ2n) is 4.03. The zero-order valence-corrected chi connectivity index (χ0v) is 9.68. The lowest BCUT2D eigenvalue weighted by Crippen LogP contribution is -2.14. The van der Waals surface area contributed by atoms with Crippen LogP contribution in [0, 0.1) is 0 Å². The van der Waals surface area contributed by atoms with Crippen molar-refractivity contribution < 1.29 is 9.84 Å². The number of ether oxygens (including phenoxy) is 1. The smallest absolute Gasteiger partial charge is 0.0722 e. The van der Waals surface area contributed by atoms with Crippen molar-refractivity contribution in [3.8, 4) is 0 Å². The summed E-state index contributed by atoms with van der Waals surface area (Å²) in [5.41, 5.74) is 2.07. The van der Waals surface area contributed by atoms with Gasteiger partial charge < -0.3 is 14.4 Å². The van der Waals surface area contributed by atoms with Crippen molar-refractivity contribution in [2.45, 2.75) is 26.2 Å². The predicted molar refractivity (Wildman–Crippen MR) is 64.3 cm³/mol. The largest absolute Gasteiger partial charge is 0.392 e. The molecule has 0 aliphatic heterocycles. The first-order valence-electron chi connectivity index (χ1n) is 5.46. The van der Waals surface area contributed by atoms with E-state index in [-0.39, 0.29) is 12.7 Å². The Morgan fingerprint density at radius 3 is 2.88 bits per heavy atom. The fraction of sp³-hybridized carbons (Fsp3) is 0.385. The Morgan fingerprint density at radius 2 is 2.19 bits per heavy atom. The Balaban J connectivity index is 2.45. The van der Waals surface area contributed by atoms with Crippen LogP contribution < -0.4 is 0 Å². The molecule has 16 heavy (non-hydrogen) atoms. The van der Waals surface area contributed by atoms with Gasteiger partial charge >= 0.3 is 0 Å². The highest BCUT2D eigenvalue weighted by Crippen LogP contribution is 2.21. The van der Waals surface area contributed by atoms with Crippen LogP contribution in [-0.2, 0) is 17.9 Å². The Hall–Kier alpha value is -1.32. The molecule has 86 valence electrons. The second kappa shape index (κ2) is 4.68. The van der Waals surface area contributed by atoms with E-state index in [1.54, 1.807) is 7.11 Å². The number of aliphatic hydroxyl groups excluding tert-OH is 1. The zero-order valence-electron chi connectivity index (χ0n) is 9.68. The lowest BCUT2D eigenvalue weighted by atomic mass is 10.1. The van der Waals surface area contributed by atoms with E-state index in [0.29, 0.717) is 0 Å². The summed E-state index contributed by atoms with van der Waals surface area (Å²) in [6.45, 7) is 2.91. The Labute approximate surface area is 95.3 Å². The van der Waals surface area contributed by atoms with E-state index in [1.807, 2.05) is 25.3 Å². The first-order valence-corrected chi connectivity index (χ1v) is 5.46. The van der Waals surface area contributed by atoms with E-state index in [2.05, 4.69) is 16.7 Å². The second-order valence-corrected chi connectivity index (χ2v) is 4.03. The van der Waals surface area contributed by atoms with Gasteiger partial charge in [-0.15, -0.1) is 0 Å². The summed E-state index contributed by atoms with van der Waals surface area (Å²) < 4.78 is 7.40. The molecule has 0 spiro atoms. The monoisotopic (exact) mass is 219 g/mol. The molecule has 0 aliphatic rings. The lowest BCUT2D eigenvalue weighted by Gasteiger charge is -2.13. The SMILES string of the molecule is COC(C)Cn1ccc2cccc(CO)c21. The quantitative estimate of drug-likeness (QED) is 0.855. The van der Waals surface area contributed by atoms with Crippen molar-refractivity contribution in [3.05, 3.63) is 36.0 Å². The number of para-hydroxylation sites is 1. The van der Waals surface area contributed by atoms with Gasteiger partial charge in [-0.2, -0.15) is 0 Å². The summed E-state index contributed by atoms with van der Waals surface area (Å²) >= 11 is 0. The van der Waals surface area contributed by atoms with Crippen LogP contribution in [0.4, 0.5) is 0 Å². The third-order valence-electron chi connectivity index (χ3n) is 2.90.